The second kappa shape index (κ2) is 9.34. The van der Waals surface area contributed by atoms with Crippen molar-refractivity contribution in [3.05, 3.63) is 69.7 Å². The maximum Gasteiger partial charge on any atom is 0.254 e. The van der Waals surface area contributed by atoms with Gasteiger partial charge in [-0.05, 0) is 101 Å². The standard InChI is InChI=1S/C27H35ClN2O/c1-20-5-4-6-21(2)25(20)26(31)29-17-13-27(3,14-18-29)30-15-11-23(12-16-30)19-22-7-9-24(28)10-8-22/h4-10,23H,11-19H2,1-3H3. The lowest BCUT2D eigenvalue weighted by atomic mass is 9.83. The second-order valence-electron chi connectivity index (χ2n) is 9.82. The van der Waals surface area contributed by atoms with Gasteiger partial charge in [0.05, 0.1) is 0 Å². The highest BCUT2D eigenvalue weighted by Crippen LogP contribution is 2.34. The fourth-order valence-electron chi connectivity index (χ4n) is 5.45. The van der Waals surface area contributed by atoms with Crippen molar-refractivity contribution in [3.8, 4) is 0 Å². The van der Waals surface area contributed by atoms with Crippen LogP contribution in [0.2, 0.25) is 5.02 Å². The Morgan fingerprint density at radius 1 is 0.968 bits per heavy atom. The third-order valence-corrected chi connectivity index (χ3v) is 7.89. The summed E-state index contributed by atoms with van der Waals surface area (Å²) in [6, 6.07) is 14.5. The van der Waals surface area contributed by atoms with Crippen LogP contribution in [0.1, 0.15) is 59.7 Å². The molecule has 4 heteroatoms. The summed E-state index contributed by atoms with van der Waals surface area (Å²) in [6.45, 7) is 10.5. The van der Waals surface area contributed by atoms with Gasteiger partial charge in [0, 0.05) is 29.2 Å². The Balaban J connectivity index is 1.31. The molecule has 31 heavy (non-hydrogen) atoms. The van der Waals surface area contributed by atoms with Crippen LogP contribution >= 0.6 is 11.6 Å². The fourth-order valence-corrected chi connectivity index (χ4v) is 5.57. The van der Waals surface area contributed by atoms with Crippen LogP contribution in [-0.4, -0.2) is 47.4 Å². The first kappa shape index (κ1) is 22.4. The average molecular weight is 439 g/mol. The molecule has 2 fully saturated rings. The summed E-state index contributed by atoms with van der Waals surface area (Å²) in [5.74, 6) is 0.964. The zero-order chi connectivity index (χ0) is 22.0. The highest BCUT2D eigenvalue weighted by atomic mass is 35.5. The van der Waals surface area contributed by atoms with E-state index in [4.69, 9.17) is 11.6 Å². The van der Waals surface area contributed by atoms with Crippen LogP contribution in [0.15, 0.2) is 42.5 Å². The number of likely N-dealkylation sites (tertiary alicyclic amines) is 2. The number of aryl methyl sites for hydroxylation is 2. The molecule has 1 amide bonds. The molecule has 4 rings (SSSR count). The van der Waals surface area contributed by atoms with Gasteiger partial charge >= 0.3 is 0 Å². The molecule has 2 aliphatic rings. The number of rotatable bonds is 4. The second-order valence-corrected chi connectivity index (χ2v) is 10.3. The lowest BCUT2D eigenvalue weighted by Crippen LogP contribution is -2.56. The predicted molar refractivity (Wildman–Crippen MR) is 129 cm³/mol. The first-order valence-corrected chi connectivity index (χ1v) is 12.1. The number of amides is 1. The summed E-state index contributed by atoms with van der Waals surface area (Å²) in [7, 11) is 0. The summed E-state index contributed by atoms with van der Waals surface area (Å²) < 4.78 is 0. The van der Waals surface area contributed by atoms with Gasteiger partial charge in [0.25, 0.3) is 5.91 Å². The highest BCUT2D eigenvalue weighted by Gasteiger charge is 2.38. The van der Waals surface area contributed by atoms with Gasteiger partial charge in [-0.2, -0.15) is 0 Å². The zero-order valence-corrected chi connectivity index (χ0v) is 19.9. The van der Waals surface area contributed by atoms with E-state index in [2.05, 4.69) is 28.9 Å². The predicted octanol–water partition coefficient (Wildman–Crippen LogP) is 5.91. The lowest BCUT2D eigenvalue weighted by molar-refractivity contribution is 0.0116. The Morgan fingerprint density at radius 3 is 2.13 bits per heavy atom. The van der Waals surface area contributed by atoms with E-state index < -0.39 is 0 Å². The van der Waals surface area contributed by atoms with Crippen LogP contribution in [0.3, 0.4) is 0 Å². The van der Waals surface area contributed by atoms with Crippen molar-refractivity contribution in [2.24, 2.45) is 5.92 Å². The van der Waals surface area contributed by atoms with Crippen molar-refractivity contribution < 1.29 is 4.79 Å². The number of nitrogens with zero attached hydrogens (tertiary/aromatic N) is 2. The number of halogens is 1. The molecule has 0 atom stereocenters. The Morgan fingerprint density at radius 2 is 1.55 bits per heavy atom. The van der Waals surface area contributed by atoms with Gasteiger partial charge in [0.2, 0.25) is 0 Å². The minimum atomic E-state index is 0.208. The molecule has 166 valence electrons. The van der Waals surface area contributed by atoms with E-state index in [0.717, 1.165) is 60.0 Å². The van der Waals surface area contributed by atoms with Crippen LogP contribution in [0.4, 0.5) is 0 Å². The summed E-state index contributed by atoms with van der Waals surface area (Å²) >= 11 is 6.02. The van der Waals surface area contributed by atoms with Crippen molar-refractivity contribution in [3.63, 3.8) is 0 Å². The van der Waals surface area contributed by atoms with Crippen molar-refractivity contribution in [1.29, 1.82) is 0 Å². The smallest absolute Gasteiger partial charge is 0.254 e. The van der Waals surface area contributed by atoms with Gasteiger partial charge in [0.1, 0.15) is 0 Å². The Bertz CT molecular complexity index is 887. The summed E-state index contributed by atoms with van der Waals surface area (Å²) in [4.78, 5) is 17.9. The highest BCUT2D eigenvalue weighted by molar-refractivity contribution is 6.30. The number of carbonyl (C=O) groups excluding carboxylic acids is 1. The molecule has 2 aromatic carbocycles. The van der Waals surface area contributed by atoms with E-state index in [1.165, 1.54) is 31.5 Å². The molecule has 0 saturated carbocycles. The van der Waals surface area contributed by atoms with Crippen LogP contribution in [0, 0.1) is 19.8 Å². The minimum Gasteiger partial charge on any atom is -0.338 e. The third kappa shape index (κ3) is 4.99. The maximum absolute atomic E-state index is 13.2. The molecule has 0 aromatic heterocycles. The van der Waals surface area contributed by atoms with E-state index in [1.54, 1.807) is 0 Å². The van der Waals surface area contributed by atoms with E-state index >= 15 is 0 Å². The molecule has 0 bridgehead atoms. The van der Waals surface area contributed by atoms with Crippen LogP contribution in [0.25, 0.3) is 0 Å². The van der Waals surface area contributed by atoms with Gasteiger partial charge in [-0.3, -0.25) is 9.69 Å². The van der Waals surface area contributed by atoms with Crippen LogP contribution in [-0.2, 0) is 6.42 Å². The normalized spacial score (nSPS) is 20.1. The number of benzene rings is 2. The number of hydrogen-bond donors (Lipinski definition) is 0. The topological polar surface area (TPSA) is 23.6 Å². The lowest BCUT2D eigenvalue weighted by Gasteiger charge is -2.49. The van der Waals surface area contributed by atoms with Gasteiger partial charge in [0.15, 0.2) is 0 Å². The Kier molecular flexibility index (Phi) is 6.74. The summed E-state index contributed by atoms with van der Waals surface area (Å²) in [5, 5.41) is 0.814. The van der Waals surface area contributed by atoms with Crippen molar-refractivity contribution >= 4 is 17.5 Å². The molecule has 0 aliphatic carbocycles. The number of piperidine rings is 2. The molecule has 0 N–H and O–H groups in total. The molecule has 0 radical (unpaired) electrons. The monoisotopic (exact) mass is 438 g/mol. The Labute approximate surface area is 192 Å². The molecular weight excluding hydrogens is 404 g/mol. The molecular formula is C27H35ClN2O. The summed E-state index contributed by atoms with van der Waals surface area (Å²) in [5.41, 5.74) is 4.67. The molecule has 0 unspecified atom stereocenters. The van der Waals surface area contributed by atoms with Gasteiger partial charge in [-0.1, -0.05) is 41.9 Å². The average Bonchev–Trinajstić information content (AvgIpc) is 2.76. The molecule has 2 aromatic rings. The van der Waals surface area contributed by atoms with E-state index in [-0.39, 0.29) is 11.4 Å². The van der Waals surface area contributed by atoms with Gasteiger partial charge in [-0.15, -0.1) is 0 Å². The third-order valence-electron chi connectivity index (χ3n) is 7.64. The van der Waals surface area contributed by atoms with Crippen LogP contribution < -0.4 is 0 Å². The maximum atomic E-state index is 13.2. The Hall–Kier alpha value is -1.84. The molecule has 0 spiro atoms. The van der Waals surface area contributed by atoms with E-state index in [1.807, 2.05) is 44.2 Å². The van der Waals surface area contributed by atoms with E-state index in [9.17, 15) is 4.79 Å². The number of carbonyl (C=O) groups is 1. The van der Waals surface area contributed by atoms with Gasteiger partial charge in [-0.25, -0.2) is 0 Å². The van der Waals surface area contributed by atoms with Crippen LogP contribution in [0.5, 0.6) is 0 Å². The molecule has 2 heterocycles. The largest absolute Gasteiger partial charge is 0.338 e. The van der Waals surface area contributed by atoms with Crippen molar-refractivity contribution in [1.82, 2.24) is 9.80 Å². The van der Waals surface area contributed by atoms with Crippen molar-refractivity contribution in [2.45, 2.75) is 58.4 Å². The first-order chi connectivity index (χ1) is 14.9. The zero-order valence-electron chi connectivity index (χ0n) is 19.2. The molecule has 2 saturated heterocycles. The summed E-state index contributed by atoms with van der Waals surface area (Å²) in [6.07, 6.45) is 5.78. The first-order valence-electron chi connectivity index (χ1n) is 11.7. The minimum absolute atomic E-state index is 0.208. The van der Waals surface area contributed by atoms with Crippen molar-refractivity contribution in [2.75, 3.05) is 26.2 Å². The molecule has 2 aliphatic heterocycles. The fraction of sp³-hybridized carbons (Fsp3) is 0.519. The SMILES string of the molecule is Cc1cccc(C)c1C(=O)N1CCC(C)(N2CCC(Cc3ccc(Cl)cc3)CC2)CC1. The van der Waals surface area contributed by atoms with Gasteiger partial charge < -0.3 is 4.90 Å². The van der Waals surface area contributed by atoms with E-state index in [0.29, 0.717) is 0 Å². The number of hydrogen-bond acceptors (Lipinski definition) is 2. The quantitative estimate of drug-likeness (QED) is 0.592. The molecule has 3 nitrogen and oxygen atoms in total.